The molecule has 3 nitrogen and oxygen atoms in total. The van der Waals surface area contributed by atoms with Crippen molar-refractivity contribution >= 4 is 33.4 Å². The minimum absolute atomic E-state index is 0.0521. The molecule has 1 heterocycles. The average molecular weight is 358 g/mol. The van der Waals surface area contributed by atoms with E-state index in [2.05, 4.69) is 41.9 Å². The topological polar surface area (TPSA) is 37.4 Å². The summed E-state index contributed by atoms with van der Waals surface area (Å²) in [6.45, 7) is 4.15. The molecule has 0 spiro atoms. The van der Waals surface area contributed by atoms with Crippen molar-refractivity contribution in [3.05, 3.63) is 52.0 Å². The zero-order valence-corrected chi connectivity index (χ0v) is 14.0. The van der Waals surface area contributed by atoms with E-state index in [1.165, 1.54) is 16.0 Å². The van der Waals surface area contributed by atoms with Crippen LogP contribution in [0.2, 0.25) is 0 Å². The third kappa shape index (κ3) is 1.67. The Hall–Kier alpha value is -1.68. The molecule has 0 radical (unpaired) electrons. The SMILES string of the molecule is CC(C)=C1[C@H]2C=C[C@H]1[C@H]1C(=O)N(c3cccc(Br)c3)C(=O)[C@H]12. The second-order valence-corrected chi connectivity index (χ2v) is 7.35. The fraction of sp³-hybridized carbons (Fsp3) is 0.333. The van der Waals surface area contributed by atoms with Gasteiger partial charge >= 0.3 is 0 Å². The first-order valence-electron chi connectivity index (χ1n) is 7.49. The number of anilines is 1. The van der Waals surface area contributed by atoms with Crippen molar-refractivity contribution in [3.63, 3.8) is 0 Å². The fourth-order valence-corrected chi connectivity index (χ4v) is 4.69. The highest BCUT2D eigenvalue weighted by molar-refractivity contribution is 9.10. The van der Waals surface area contributed by atoms with E-state index in [9.17, 15) is 9.59 Å². The van der Waals surface area contributed by atoms with Gasteiger partial charge in [0.25, 0.3) is 0 Å². The van der Waals surface area contributed by atoms with Gasteiger partial charge in [0.05, 0.1) is 17.5 Å². The number of halogens is 1. The standard InChI is InChI=1S/C18H16BrNO2/c1-9(2)14-12-6-7-13(14)16-15(12)17(21)20(18(16)22)11-5-3-4-10(19)8-11/h3-8,12-13,15-16H,1-2H3/t12-,13-,15-,16+/m1/s1. The highest BCUT2D eigenvalue weighted by atomic mass is 79.9. The maximum atomic E-state index is 12.9. The minimum Gasteiger partial charge on any atom is -0.274 e. The Morgan fingerprint density at radius 1 is 1.05 bits per heavy atom. The van der Waals surface area contributed by atoms with Crippen LogP contribution >= 0.6 is 15.9 Å². The predicted octanol–water partition coefficient (Wildman–Crippen LogP) is 3.71. The third-order valence-corrected chi connectivity index (χ3v) is 5.55. The van der Waals surface area contributed by atoms with Gasteiger partial charge in [0.15, 0.2) is 0 Å². The van der Waals surface area contributed by atoms with Crippen molar-refractivity contribution < 1.29 is 9.59 Å². The molecular formula is C18H16BrNO2. The van der Waals surface area contributed by atoms with E-state index in [0.29, 0.717) is 5.69 Å². The zero-order chi connectivity index (χ0) is 15.6. The van der Waals surface area contributed by atoms with Gasteiger partial charge < -0.3 is 0 Å². The van der Waals surface area contributed by atoms with Crippen LogP contribution in [0.1, 0.15) is 13.8 Å². The Labute approximate surface area is 137 Å². The van der Waals surface area contributed by atoms with Crippen LogP contribution in [-0.4, -0.2) is 11.8 Å². The molecule has 0 aromatic heterocycles. The lowest BCUT2D eigenvalue weighted by Gasteiger charge is -2.19. The normalized spacial score (nSPS) is 32.1. The Bertz CT molecular complexity index is 726. The summed E-state index contributed by atoms with van der Waals surface area (Å²) in [5.74, 6) is -0.327. The van der Waals surface area contributed by atoms with Crippen molar-refractivity contribution in [2.75, 3.05) is 4.90 Å². The quantitative estimate of drug-likeness (QED) is 0.567. The monoisotopic (exact) mass is 357 g/mol. The van der Waals surface area contributed by atoms with Crippen molar-refractivity contribution in [2.45, 2.75) is 13.8 Å². The highest BCUT2D eigenvalue weighted by Gasteiger charge is 2.61. The first kappa shape index (κ1) is 13.9. The van der Waals surface area contributed by atoms with E-state index >= 15 is 0 Å². The number of carbonyl (C=O) groups excluding carboxylic acids is 2. The van der Waals surface area contributed by atoms with Gasteiger partial charge in [0.1, 0.15) is 0 Å². The van der Waals surface area contributed by atoms with E-state index < -0.39 is 0 Å². The summed E-state index contributed by atoms with van der Waals surface area (Å²) < 4.78 is 0.869. The molecule has 3 aliphatic rings. The zero-order valence-electron chi connectivity index (χ0n) is 12.4. The van der Waals surface area contributed by atoms with E-state index in [-0.39, 0.29) is 35.5 Å². The number of hydrogen-bond acceptors (Lipinski definition) is 2. The summed E-state index contributed by atoms with van der Waals surface area (Å²) in [5.41, 5.74) is 3.19. The fourth-order valence-electron chi connectivity index (χ4n) is 4.30. The first-order chi connectivity index (χ1) is 10.5. The van der Waals surface area contributed by atoms with E-state index in [0.717, 1.165) is 4.47 Å². The molecule has 2 bridgehead atoms. The van der Waals surface area contributed by atoms with Gasteiger partial charge in [-0.2, -0.15) is 0 Å². The maximum absolute atomic E-state index is 12.9. The molecule has 1 saturated carbocycles. The lowest BCUT2D eigenvalue weighted by molar-refractivity contribution is -0.122. The van der Waals surface area contributed by atoms with Crippen molar-refractivity contribution in [2.24, 2.45) is 23.7 Å². The maximum Gasteiger partial charge on any atom is 0.238 e. The van der Waals surface area contributed by atoms with E-state index in [1.54, 1.807) is 0 Å². The lowest BCUT2D eigenvalue weighted by atomic mass is 9.85. The van der Waals surface area contributed by atoms with Gasteiger partial charge in [-0.15, -0.1) is 0 Å². The Morgan fingerprint density at radius 3 is 2.14 bits per heavy atom. The second kappa shape index (κ2) is 4.66. The van der Waals surface area contributed by atoms with Gasteiger partial charge in [-0.1, -0.05) is 45.3 Å². The van der Waals surface area contributed by atoms with Crippen LogP contribution in [0.5, 0.6) is 0 Å². The Morgan fingerprint density at radius 2 is 1.64 bits per heavy atom. The Balaban J connectivity index is 1.78. The van der Waals surface area contributed by atoms with Crippen molar-refractivity contribution in [1.29, 1.82) is 0 Å². The first-order valence-corrected chi connectivity index (χ1v) is 8.29. The Kier molecular flexibility index (Phi) is 2.95. The number of imide groups is 1. The number of nitrogens with zero attached hydrogens (tertiary/aromatic N) is 1. The van der Waals surface area contributed by atoms with Gasteiger partial charge in [-0.05, 0) is 32.0 Å². The molecule has 2 amide bonds. The average Bonchev–Trinajstić information content (AvgIpc) is 3.09. The van der Waals surface area contributed by atoms with Crippen LogP contribution in [0.25, 0.3) is 0 Å². The van der Waals surface area contributed by atoms with Gasteiger partial charge in [-0.25, -0.2) is 4.90 Å². The largest absolute Gasteiger partial charge is 0.274 e. The molecule has 4 atom stereocenters. The summed E-state index contributed by atoms with van der Waals surface area (Å²) >= 11 is 3.41. The molecule has 112 valence electrons. The number of benzene rings is 1. The summed E-state index contributed by atoms with van der Waals surface area (Å²) in [4.78, 5) is 27.2. The summed E-state index contributed by atoms with van der Waals surface area (Å²) in [6.07, 6.45) is 4.23. The van der Waals surface area contributed by atoms with Crippen LogP contribution in [0.15, 0.2) is 52.0 Å². The number of rotatable bonds is 1. The molecule has 2 aliphatic carbocycles. The molecule has 4 rings (SSSR count). The number of allylic oxidation sites excluding steroid dienone is 4. The number of carbonyl (C=O) groups is 2. The third-order valence-electron chi connectivity index (χ3n) is 5.06. The van der Waals surface area contributed by atoms with Gasteiger partial charge in [0.2, 0.25) is 11.8 Å². The van der Waals surface area contributed by atoms with Crippen molar-refractivity contribution in [3.8, 4) is 0 Å². The van der Waals surface area contributed by atoms with Crippen LogP contribution in [-0.2, 0) is 9.59 Å². The van der Waals surface area contributed by atoms with E-state index in [1.807, 2.05) is 24.3 Å². The minimum atomic E-state index is -0.216. The highest BCUT2D eigenvalue weighted by Crippen LogP contribution is 2.57. The van der Waals surface area contributed by atoms with E-state index in [4.69, 9.17) is 0 Å². The number of amides is 2. The molecule has 2 fully saturated rings. The molecule has 0 N–H and O–H groups in total. The van der Waals surface area contributed by atoms with Gasteiger partial charge in [-0.3, -0.25) is 9.59 Å². The van der Waals surface area contributed by atoms with Crippen LogP contribution in [0.4, 0.5) is 5.69 Å². The molecule has 22 heavy (non-hydrogen) atoms. The molecule has 4 heteroatoms. The molecule has 1 saturated heterocycles. The summed E-state index contributed by atoms with van der Waals surface area (Å²) in [6, 6.07) is 7.39. The predicted molar refractivity (Wildman–Crippen MR) is 88.1 cm³/mol. The molecule has 1 aromatic rings. The van der Waals surface area contributed by atoms with Crippen LogP contribution in [0.3, 0.4) is 0 Å². The summed E-state index contributed by atoms with van der Waals surface area (Å²) in [7, 11) is 0. The smallest absolute Gasteiger partial charge is 0.238 e. The molecule has 0 unspecified atom stereocenters. The second-order valence-electron chi connectivity index (χ2n) is 6.44. The van der Waals surface area contributed by atoms with Crippen LogP contribution < -0.4 is 4.90 Å². The summed E-state index contributed by atoms with van der Waals surface area (Å²) in [5, 5.41) is 0. The lowest BCUT2D eigenvalue weighted by Crippen LogP contribution is -2.33. The number of fused-ring (bicyclic) bond motifs is 5. The number of hydrogen-bond donors (Lipinski definition) is 0. The molecule has 1 aromatic carbocycles. The molecular weight excluding hydrogens is 342 g/mol. The van der Waals surface area contributed by atoms with Crippen molar-refractivity contribution in [1.82, 2.24) is 0 Å². The van der Waals surface area contributed by atoms with Crippen LogP contribution in [0, 0.1) is 23.7 Å². The van der Waals surface area contributed by atoms with Gasteiger partial charge in [0, 0.05) is 16.3 Å². The molecule has 1 aliphatic heterocycles.